The number of ketones is 1. The van der Waals surface area contributed by atoms with Gasteiger partial charge in [0.25, 0.3) is 5.91 Å². The number of anilines is 1. The topological polar surface area (TPSA) is 77.3 Å². The molecule has 0 N–H and O–H groups in total. The Bertz CT molecular complexity index is 963. The fourth-order valence-corrected chi connectivity index (χ4v) is 3.56. The first-order valence-corrected chi connectivity index (χ1v) is 9.62. The predicted octanol–water partition coefficient (Wildman–Crippen LogP) is 3.39. The maximum absolute atomic E-state index is 12.9. The molecule has 142 valence electrons. The lowest BCUT2D eigenvalue weighted by Crippen LogP contribution is -2.33. The number of ether oxygens (including phenoxy) is 1. The molecule has 0 unspecified atom stereocenters. The normalized spacial score (nSPS) is 11.1. The lowest BCUT2D eigenvalue weighted by molar-refractivity contribution is -0.119. The minimum atomic E-state index is -0.184. The molecule has 0 saturated carbocycles. The van der Waals surface area contributed by atoms with Crippen molar-refractivity contribution in [1.29, 1.82) is 0 Å². The molecule has 27 heavy (non-hydrogen) atoms. The van der Waals surface area contributed by atoms with Gasteiger partial charge in [-0.2, -0.15) is 5.10 Å². The molecule has 0 atom stereocenters. The third kappa shape index (κ3) is 3.71. The number of Topliss-reactive ketones (excluding diaryl/α,β-unsaturated/α-hetero) is 1. The minimum Gasteiger partial charge on any atom is -0.497 e. The van der Waals surface area contributed by atoms with Crippen molar-refractivity contribution < 1.29 is 14.3 Å². The number of thiazole rings is 1. The maximum Gasteiger partial charge on any atom is 0.250 e. The van der Waals surface area contributed by atoms with Crippen molar-refractivity contribution in [3.63, 3.8) is 0 Å². The number of aromatic nitrogens is 3. The number of fused-ring (bicyclic) bond motifs is 1. The number of nitrogens with zero attached hydrogens (tertiary/aromatic N) is 4. The molecule has 0 aliphatic heterocycles. The summed E-state index contributed by atoms with van der Waals surface area (Å²) in [5.41, 5.74) is 1.08. The molecule has 2 aromatic heterocycles. The third-order valence-electron chi connectivity index (χ3n) is 4.27. The molecule has 3 rings (SSSR count). The van der Waals surface area contributed by atoms with E-state index in [-0.39, 0.29) is 24.2 Å². The fraction of sp³-hybridized carbons (Fsp3) is 0.368. The van der Waals surface area contributed by atoms with Crippen molar-refractivity contribution in [1.82, 2.24) is 14.8 Å². The van der Waals surface area contributed by atoms with Crippen LogP contribution in [0, 0.1) is 5.92 Å². The standard InChI is InChI=1S/C19H22N4O3S/c1-5-22(19-20-8-9-27-19)16(24)11-23-15-10-13(26-4)6-7-14(15)17(21-23)18(25)12(2)3/h6-10,12H,5,11H2,1-4H3. The molecule has 0 aliphatic rings. The first kappa shape index (κ1) is 19.0. The van der Waals surface area contributed by atoms with Gasteiger partial charge in [0, 0.05) is 35.5 Å². The van der Waals surface area contributed by atoms with Crippen LogP contribution in [-0.4, -0.2) is 40.1 Å². The van der Waals surface area contributed by atoms with E-state index in [9.17, 15) is 9.59 Å². The first-order valence-electron chi connectivity index (χ1n) is 8.74. The Morgan fingerprint density at radius 2 is 2.11 bits per heavy atom. The molecule has 0 fully saturated rings. The highest BCUT2D eigenvalue weighted by molar-refractivity contribution is 7.13. The van der Waals surface area contributed by atoms with E-state index in [1.807, 2.05) is 32.2 Å². The quantitative estimate of drug-likeness (QED) is 0.582. The van der Waals surface area contributed by atoms with Gasteiger partial charge in [-0.05, 0) is 19.1 Å². The van der Waals surface area contributed by atoms with Crippen LogP contribution in [0.3, 0.4) is 0 Å². The Hall–Kier alpha value is -2.74. The maximum atomic E-state index is 12.9. The lowest BCUT2D eigenvalue weighted by atomic mass is 10.0. The summed E-state index contributed by atoms with van der Waals surface area (Å²) >= 11 is 1.41. The van der Waals surface area contributed by atoms with Gasteiger partial charge < -0.3 is 4.74 Å². The second kappa shape index (κ2) is 7.87. The van der Waals surface area contributed by atoms with Crippen LogP contribution in [0.2, 0.25) is 0 Å². The summed E-state index contributed by atoms with van der Waals surface area (Å²) in [7, 11) is 1.58. The molecule has 7 nitrogen and oxygen atoms in total. The second-order valence-corrected chi connectivity index (χ2v) is 7.23. The van der Waals surface area contributed by atoms with Crippen LogP contribution < -0.4 is 9.64 Å². The first-order chi connectivity index (χ1) is 13.0. The van der Waals surface area contributed by atoms with Crippen molar-refractivity contribution in [2.45, 2.75) is 27.3 Å². The summed E-state index contributed by atoms with van der Waals surface area (Å²) in [6, 6.07) is 5.41. The molecule has 1 amide bonds. The number of benzene rings is 1. The largest absolute Gasteiger partial charge is 0.497 e. The van der Waals surface area contributed by atoms with E-state index in [0.29, 0.717) is 28.6 Å². The van der Waals surface area contributed by atoms with Crippen LogP contribution in [-0.2, 0) is 11.3 Å². The fourth-order valence-electron chi connectivity index (χ4n) is 2.84. The van der Waals surface area contributed by atoms with Gasteiger partial charge in [-0.1, -0.05) is 13.8 Å². The Morgan fingerprint density at radius 3 is 2.70 bits per heavy atom. The summed E-state index contributed by atoms with van der Waals surface area (Å²) in [5, 5.41) is 7.67. The summed E-state index contributed by atoms with van der Waals surface area (Å²) in [6.07, 6.45) is 1.67. The van der Waals surface area contributed by atoms with Gasteiger partial charge in [0.1, 0.15) is 18.0 Å². The van der Waals surface area contributed by atoms with Crippen LogP contribution in [0.1, 0.15) is 31.3 Å². The van der Waals surface area contributed by atoms with Crippen LogP contribution in [0.5, 0.6) is 5.75 Å². The average Bonchev–Trinajstić information content (AvgIpc) is 3.30. The van der Waals surface area contributed by atoms with Gasteiger partial charge in [-0.3, -0.25) is 19.2 Å². The molecule has 8 heteroatoms. The Morgan fingerprint density at radius 1 is 1.33 bits per heavy atom. The predicted molar refractivity (Wildman–Crippen MR) is 106 cm³/mol. The highest BCUT2D eigenvalue weighted by Crippen LogP contribution is 2.26. The SMILES string of the molecule is CCN(C(=O)Cn1nc(C(=O)C(C)C)c2ccc(OC)cc21)c1nccs1. The number of hydrogen-bond acceptors (Lipinski definition) is 6. The molecular formula is C19H22N4O3S. The molecule has 0 bridgehead atoms. The number of hydrogen-bond donors (Lipinski definition) is 0. The van der Waals surface area contributed by atoms with E-state index in [2.05, 4.69) is 10.1 Å². The summed E-state index contributed by atoms with van der Waals surface area (Å²) < 4.78 is 6.87. The Labute approximate surface area is 161 Å². The summed E-state index contributed by atoms with van der Waals surface area (Å²) in [5.74, 6) is 0.274. The van der Waals surface area contributed by atoms with Crippen molar-refractivity contribution >= 4 is 39.1 Å². The average molecular weight is 386 g/mol. The van der Waals surface area contributed by atoms with E-state index in [0.717, 1.165) is 5.39 Å². The van der Waals surface area contributed by atoms with Crippen molar-refractivity contribution in [3.05, 3.63) is 35.5 Å². The molecule has 0 radical (unpaired) electrons. The zero-order valence-electron chi connectivity index (χ0n) is 15.8. The molecule has 0 saturated heterocycles. The molecule has 0 spiro atoms. The summed E-state index contributed by atoms with van der Waals surface area (Å²) in [4.78, 5) is 31.3. The van der Waals surface area contributed by atoms with Crippen molar-refractivity contribution in [2.75, 3.05) is 18.6 Å². The zero-order chi connectivity index (χ0) is 19.6. The van der Waals surface area contributed by atoms with E-state index in [1.54, 1.807) is 35.0 Å². The van der Waals surface area contributed by atoms with E-state index in [4.69, 9.17) is 4.74 Å². The Kier molecular flexibility index (Phi) is 5.55. The molecule has 0 aliphatic carbocycles. The van der Waals surface area contributed by atoms with Gasteiger partial charge in [-0.15, -0.1) is 11.3 Å². The number of carbonyl (C=O) groups is 2. The number of methoxy groups -OCH3 is 1. The van der Waals surface area contributed by atoms with E-state index in [1.165, 1.54) is 11.3 Å². The third-order valence-corrected chi connectivity index (χ3v) is 5.06. The molecule has 1 aromatic carbocycles. The summed E-state index contributed by atoms with van der Waals surface area (Å²) in [6.45, 7) is 6.10. The molecule has 2 heterocycles. The van der Waals surface area contributed by atoms with Crippen molar-refractivity contribution in [3.8, 4) is 5.75 Å². The van der Waals surface area contributed by atoms with E-state index >= 15 is 0 Å². The lowest BCUT2D eigenvalue weighted by Gasteiger charge is -2.17. The number of carbonyl (C=O) groups excluding carboxylic acids is 2. The monoisotopic (exact) mass is 386 g/mol. The van der Waals surface area contributed by atoms with Crippen LogP contribution >= 0.6 is 11.3 Å². The second-order valence-electron chi connectivity index (χ2n) is 6.36. The van der Waals surface area contributed by atoms with Gasteiger partial charge in [0.15, 0.2) is 10.9 Å². The number of amides is 1. The smallest absolute Gasteiger partial charge is 0.250 e. The van der Waals surface area contributed by atoms with Gasteiger partial charge in [0.05, 0.1) is 12.6 Å². The van der Waals surface area contributed by atoms with Crippen LogP contribution in [0.25, 0.3) is 10.9 Å². The Balaban J connectivity index is 2.02. The van der Waals surface area contributed by atoms with Crippen LogP contribution in [0.15, 0.2) is 29.8 Å². The zero-order valence-corrected chi connectivity index (χ0v) is 16.6. The van der Waals surface area contributed by atoms with Gasteiger partial charge >= 0.3 is 0 Å². The number of likely N-dealkylation sites (N-methyl/N-ethyl adjacent to an activating group) is 1. The highest BCUT2D eigenvalue weighted by Gasteiger charge is 2.23. The van der Waals surface area contributed by atoms with E-state index < -0.39 is 0 Å². The molecular weight excluding hydrogens is 364 g/mol. The highest BCUT2D eigenvalue weighted by atomic mass is 32.1. The van der Waals surface area contributed by atoms with Crippen LogP contribution in [0.4, 0.5) is 5.13 Å². The minimum absolute atomic E-state index is 0.0163. The van der Waals surface area contributed by atoms with Crippen molar-refractivity contribution in [2.24, 2.45) is 5.92 Å². The van der Waals surface area contributed by atoms with Gasteiger partial charge in [0.2, 0.25) is 0 Å². The van der Waals surface area contributed by atoms with Gasteiger partial charge in [-0.25, -0.2) is 4.98 Å². The molecule has 3 aromatic rings. The number of rotatable bonds is 7.